The number of hydrogen-bond donors (Lipinski definition) is 0. The normalized spacial score (nSPS) is 12.0. The standard InChI is InChI=1S/C61H118O6/c1-6-7-8-9-10-11-12-26-31-36-41-46-51-59(62)65-54-58(55-66-60(63)52-47-42-37-32-27-23-19-21-25-30-35-40-45-50-57(4)5)67-61(64)53-48-43-38-33-28-22-18-16-14-13-15-17-20-24-29-34-39-44-49-56(2)3/h56-58H,6-55H2,1-5H3/t58-/m1/s1. The molecule has 0 radical (unpaired) electrons. The number of carbonyl (C=O) groups is 3. The maximum atomic E-state index is 12.9. The molecule has 0 aliphatic heterocycles. The van der Waals surface area contributed by atoms with Crippen molar-refractivity contribution in [2.24, 2.45) is 11.8 Å². The van der Waals surface area contributed by atoms with Crippen LogP contribution in [0.4, 0.5) is 0 Å². The van der Waals surface area contributed by atoms with Crippen LogP contribution < -0.4 is 0 Å². The molecule has 0 aliphatic rings. The van der Waals surface area contributed by atoms with Gasteiger partial charge in [0.2, 0.25) is 0 Å². The van der Waals surface area contributed by atoms with Crippen LogP contribution in [0.15, 0.2) is 0 Å². The fourth-order valence-corrected chi connectivity index (χ4v) is 9.40. The molecule has 0 amide bonds. The van der Waals surface area contributed by atoms with Crippen molar-refractivity contribution >= 4 is 17.9 Å². The van der Waals surface area contributed by atoms with Crippen LogP contribution in [0.2, 0.25) is 0 Å². The molecule has 6 heteroatoms. The second-order valence-corrected chi connectivity index (χ2v) is 21.9. The van der Waals surface area contributed by atoms with Gasteiger partial charge in [-0.2, -0.15) is 0 Å². The Labute approximate surface area is 418 Å². The minimum atomic E-state index is -0.762. The van der Waals surface area contributed by atoms with Gasteiger partial charge in [-0.05, 0) is 31.1 Å². The predicted molar refractivity (Wildman–Crippen MR) is 289 cm³/mol. The van der Waals surface area contributed by atoms with Crippen molar-refractivity contribution in [2.45, 2.75) is 349 Å². The summed E-state index contributed by atoms with van der Waals surface area (Å²) in [5.41, 5.74) is 0. The zero-order valence-electron chi connectivity index (χ0n) is 46.0. The molecular weight excluding hydrogens is 829 g/mol. The van der Waals surface area contributed by atoms with Crippen molar-refractivity contribution in [1.29, 1.82) is 0 Å². The van der Waals surface area contributed by atoms with E-state index >= 15 is 0 Å². The van der Waals surface area contributed by atoms with Crippen molar-refractivity contribution < 1.29 is 28.6 Å². The van der Waals surface area contributed by atoms with Crippen LogP contribution in [-0.2, 0) is 28.6 Å². The molecule has 1 atom stereocenters. The first-order valence-electron chi connectivity index (χ1n) is 30.2. The molecule has 0 N–H and O–H groups in total. The first kappa shape index (κ1) is 65.4. The molecule has 0 heterocycles. The van der Waals surface area contributed by atoms with Gasteiger partial charge in [0, 0.05) is 19.3 Å². The Balaban J connectivity index is 4.25. The Bertz CT molecular complexity index is 1020. The molecule has 0 saturated heterocycles. The largest absolute Gasteiger partial charge is 0.462 e. The van der Waals surface area contributed by atoms with E-state index < -0.39 is 6.10 Å². The number of hydrogen-bond acceptors (Lipinski definition) is 6. The van der Waals surface area contributed by atoms with Gasteiger partial charge in [0.05, 0.1) is 0 Å². The van der Waals surface area contributed by atoms with Gasteiger partial charge in [0.25, 0.3) is 0 Å². The lowest BCUT2D eigenvalue weighted by molar-refractivity contribution is -0.167. The molecule has 0 fully saturated rings. The molecule has 398 valence electrons. The molecule has 0 aromatic carbocycles. The first-order chi connectivity index (χ1) is 32.7. The maximum absolute atomic E-state index is 12.9. The highest BCUT2D eigenvalue weighted by molar-refractivity contribution is 5.71. The van der Waals surface area contributed by atoms with E-state index in [9.17, 15) is 14.4 Å². The molecule has 67 heavy (non-hydrogen) atoms. The van der Waals surface area contributed by atoms with Crippen molar-refractivity contribution in [1.82, 2.24) is 0 Å². The minimum absolute atomic E-state index is 0.0623. The highest BCUT2D eigenvalue weighted by Gasteiger charge is 2.19. The minimum Gasteiger partial charge on any atom is -0.462 e. The summed E-state index contributed by atoms with van der Waals surface area (Å²) >= 11 is 0. The van der Waals surface area contributed by atoms with Crippen molar-refractivity contribution in [3.8, 4) is 0 Å². The van der Waals surface area contributed by atoms with Crippen LogP contribution in [0.25, 0.3) is 0 Å². The summed E-state index contributed by atoms with van der Waals surface area (Å²) < 4.78 is 16.9. The third-order valence-corrected chi connectivity index (χ3v) is 14.0. The lowest BCUT2D eigenvalue weighted by Gasteiger charge is -2.18. The van der Waals surface area contributed by atoms with E-state index in [1.165, 1.54) is 231 Å². The van der Waals surface area contributed by atoms with Crippen molar-refractivity contribution in [3.63, 3.8) is 0 Å². The zero-order valence-corrected chi connectivity index (χ0v) is 46.0. The van der Waals surface area contributed by atoms with E-state index in [1.807, 2.05) is 0 Å². The van der Waals surface area contributed by atoms with Crippen LogP contribution in [0, 0.1) is 11.8 Å². The molecule has 0 aliphatic carbocycles. The second kappa shape index (κ2) is 53.8. The topological polar surface area (TPSA) is 78.9 Å². The lowest BCUT2D eigenvalue weighted by atomic mass is 10.0. The smallest absolute Gasteiger partial charge is 0.306 e. The van der Waals surface area contributed by atoms with E-state index in [-0.39, 0.29) is 31.1 Å². The van der Waals surface area contributed by atoms with Crippen LogP contribution in [0.1, 0.15) is 343 Å². The van der Waals surface area contributed by atoms with E-state index in [2.05, 4.69) is 34.6 Å². The van der Waals surface area contributed by atoms with E-state index in [1.54, 1.807) is 0 Å². The highest BCUT2D eigenvalue weighted by atomic mass is 16.6. The Kier molecular flexibility index (Phi) is 52.5. The highest BCUT2D eigenvalue weighted by Crippen LogP contribution is 2.19. The summed E-state index contributed by atoms with van der Waals surface area (Å²) in [6.07, 6.45) is 58.1. The summed E-state index contributed by atoms with van der Waals surface area (Å²) in [5.74, 6) is 0.862. The van der Waals surface area contributed by atoms with Crippen molar-refractivity contribution in [2.75, 3.05) is 13.2 Å². The molecule has 0 spiro atoms. The average Bonchev–Trinajstić information content (AvgIpc) is 3.30. The molecule has 6 nitrogen and oxygen atoms in total. The molecule has 0 unspecified atom stereocenters. The van der Waals surface area contributed by atoms with E-state index in [4.69, 9.17) is 14.2 Å². The summed E-state index contributed by atoms with van der Waals surface area (Å²) in [6.45, 7) is 11.4. The molecule has 0 bridgehead atoms. The summed E-state index contributed by atoms with van der Waals surface area (Å²) in [6, 6.07) is 0. The average molecular weight is 948 g/mol. The Morgan fingerprint density at radius 3 is 0.731 bits per heavy atom. The van der Waals surface area contributed by atoms with Crippen LogP contribution in [0.5, 0.6) is 0 Å². The van der Waals surface area contributed by atoms with Gasteiger partial charge < -0.3 is 14.2 Å². The quantitative estimate of drug-likeness (QED) is 0.0343. The summed E-state index contributed by atoms with van der Waals surface area (Å²) in [4.78, 5) is 38.2. The fourth-order valence-electron chi connectivity index (χ4n) is 9.40. The first-order valence-corrected chi connectivity index (χ1v) is 30.2. The third kappa shape index (κ3) is 55.2. The fraction of sp³-hybridized carbons (Fsp3) is 0.951. The van der Waals surface area contributed by atoms with Gasteiger partial charge in [0.15, 0.2) is 6.10 Å². The van der Waals surface area contributed by atoms with Gasteiger partial charge in [-0.3, -0.25) is 14.4 Å². The van der Waals surface area contributed by atoms with E-state index in [0.717, 1.165) is 69.6 Å². The SMILES string of the molecule is CCCCCCCCCCCCCCC(=O)OC[C@H](COC(=O)CCCCCCCCCCCCCCCC(C)C)OC(=O)CCCCCCCCCCCCCCCCCCCCC(C)C. The van der Waals surface area contributed by atoms with Gasteiger partial charge >= 0.3 is 17.9 Å². The van der Waals surface area contributed by atoms with Gasteiger partial charge in [-0.25, -0.2) is 0 Å². The van der Waals surface area contributed by atoms with Crippen LogP contribution in [-0.4, -0.2) is 37.2 Å². The second-order valence-electron chi connectivity index (χ2n) is 21.9. The summed E-state index contributed by atoms with van der Waals surface area (Å²) in [7, 11) is 0. The number of unbranched alkanes of at least 4 members (excludes halogenated alkanes) is 40. The summed E-state index contributed by atoms with van der Waals surface area (Å²) in [5, 5.41) is 0. The van der Waals surface area contributed by atoms with Gasteiger partial charge in [-0.15, -0.1) is 0 Å². The monoisotopic (exact) mass is 947 g/mol. The number of esters is 3. The van der Waals surface area contributed by atoms with Gasteiger partial charge in [0.1, 0.15) is 13.2 Å². The molecule has 0 rings (SSSR count). The number of carbonyl (C=O) groups excluding carboxylic acids is 3. The molecule has 0 saturated carbocycles. The number of ether oxygens (including phenoxy) is 3. The Morgan fingerprint density at radius 2 is 0.493 bits per heavy atom. The molecule has 0 aromatic heterocycles. The van der Waals surface area contributed by atoms with Gasteiger partial charge in [-0.1, -0.05) is 304 Å². The number of rotatable bonds is 55. The third-order valence-electron chi connectivity index (χ3n) is 14.0. The van der Waals surface area contributed by atoms with E-state index in [0.29, 0.717) is 19.3 Å². The Morgan fingerprint density at radius 1 is 0.284 bits per heavy atom. The Hall–Kier alpha value is -1.59. The predicted octanol–water partition coefficient (Wildman–Crippen LogP) is 20.0. The van der Waals surface area contributed by atoms with Crippen LogP contribution >= 0.6 is 0 Å². The molecule has 0 aromatic rings. The lowest BCUT2D eigenvalue weighted by Crippen LogP contribution is -2.30. The molecular formula is C61H118O6. The zero-order chi connectivity index (χ0) is 48.9. The van der Waals surface area contributed by atoms with Crippen molar-refractivity contribution in [3.05, 3.63) is 0 Å². The van der Waals surface area contributed by atoms with Crippen LogP contribution in [0.3, 0.4) is 0 Å². The maximum Gasteiger partial charge on any atom is 0.306 e.